The second kappa shape index (κ2) is 13.8. The molecule has 0 aliphatic rings. The van der Waals surface area contributed by atoms with Crippen LogP contribution in [0.1, 0.15) is 57.7 Å². The number of benzene rings is 3. The Bertz CT molecular complexity index is 1300. The molecule has 0 fully saturated rings. The molecule has 8 nitrogen and oxygen atoms in total. The van der Waals surface area contributed by atoms with E-state index in [4.69, 9.17) is 15.2 Å². The smallest absolute Gasteiger partial charge is 0.261 e. The van der Waals surface area contributed by atoms with Crippen molar-refractivity contribution >= 4 is 17.7 Å². The van der Waals surface area contributed by atoms with Crippen LogP contribution >= 0.6 is 0 Å². The highest BCUT2D eigenvalue weighted by molar-refractivity contribution is 5.88. The van der Waals surface area contributed by atoms with E-state index in [1.54, 1.807) is 26.0 Å². The number of carbonyl (C=O) groups excluding carboxylic acids is 3. The highest BCUT2D eigenvalue weighted by Gasteiger charge is 2.27. The van der Waals surface area contributed by atoms with Gasteiger partial charge >= 0.3 is 0 Å². The summed E-state index contributed by atoms with van der Waals surface area (Å²) in [6.45, 7) is 9.39. The highest BCUT2D eigenvalue weighted by Crippen LogP contribution is 2.20. The van der Waals surface area contributed by atoms with Crippen molar-refractivity contribution in [1.29, 1.82) is 0 Å². The van der Waals surface area contributed by atoms with Gasteiger partial charge in [0.2, 0.25) is 11.8 Å². The molecule has 0 heterocycles. The molecule has 1 unspecified atom stereocenters. The van der Waals surface area contributed by atoms with Gasteiger partial charge < -0.3 is 25.8 Å². The Balaban J connectivity index is 1.58. The van der Waals surface area contributed by atoms with Crippen LogP contribution in [0.3, 0.4) is 0 Å². The third kappa shape index (κ3) is 10.6. The average molecular weight is 560 g/mol. The number of nitrogens with two attached hydrogens (primary N) is 1. The highest BCUT2D eigenvalue weighted by atomic mass is 16.5. The Kier molecular flexibility index (Phi) is 10.5. The van der Waals surface area contributed by atoms with Gasteiger partial charge in [0.15, 0.2) is 5.60 Å². The van der Waals surface area contributed by atoms with Crippen LogP contribution in [0.15, 0.2) is 78.9 Å². The molecular formula is C33H41N3O5. The van der Waals surface area contributed by atoms with Gasteiger partial charge in [-0.05, 0) is 82.0 Å². The van der Waals surface area contributed by atoms with Crippen molar-refractivity contribution in [3.63, 3.8) is 0 Å². The van der Waals surface area contributed by atoms with Gasteiger partial charge in [-0.25, -0.2) is 0 Å². The van der Waals surface area contributed by atoms with E-state index in [-0.39, 0.29) is 18.2 Å². The maximum Gasteiger partial charge on any atom is 0.261 e. The normalized spacial score (nSPS) is 12.2. The van der Waals surface area contributed by atoms with Crippen LogP contribution < -0.4 is 25.8 Å². The lowest BCUT2D eigenvalue weighted by Gasteiger charge is -2.26. The fourth-order valence-corrected chi connectivity index (χ4v) is 3.96. The summed E-state index contributed by atoms with van der Waals surface area (Å²) < 4.78 is 11.5. The predicted molar refractivity (Wildman–Crippen MR) is 159 cm³/mol. The van der Waals surface area contributed by atoms with E-state index in [0.29, 0.717) is 25.2 Å². The zero-order valence-corrected chi connectivity index (χ0v) is 24.5. The largest absolute Gasteiger partial charge is 0.489 e. The molecular weight excluding hydrogens is 518 g/mol. The maximum atomic E-state index is 13.1. The molecule has 0 aromatic heterocycles. The van der Waals surface area contributed by atoms with Gasteiger partial charge in [-0.15, -0.1) is 0 Å². The minimum Gasteiger partial charge on any atom is -0.489 e. The van der Waals surface area contributed by atoms with Crippen molar-refractivity contribution in [2.45, 2.75) is 77.7 Å². The van der Waals surface area contributed by atoms with Crippen LogP contribution in [-0.4, -0.2) is 34.9 Å². The molecule has 1 atom stereocenters. The van der Waals surface area contributed by atoms with Crippen molar-refractivity contribution in [1.82, 2.24) is 10.6 Å². The predicted octanol–water partition coefficient (Wildman–Crippen LogP) is 4.48. The number of amides is 3. The number of nitrogens with one attached hydrogen (secondary N) is 2. The third-order valence-corrected chi connectivity index (χ3v) is 6.29. The number of hydrogen-bond acceptors (Lipinski definition) is 5. The molecule has 0 radical (unpaired) electrons. The van der Waals surface area contributed by atoms with E-state index in [1.807, 2.05) is 87.5 Å². The molecule has 0 saturated carbocycles. The van der Waals surface area contributed by atoms with Crippen molar-refractivity contribution in [3.8, 4) is 11.5 Å². The third-order valence-electron chi connectivity index (χ3n) is 6.29. The Labute approximate surface area is 242 Å². The lowest BCUT2D eigenvalue weighted by atomic mass is 10.0. The molecule has 8 heteroatoms. The molecule has 0 aliphatic heterocycles. The second-order valence-corrected chi connectivity index (χ2v) is 11.6. The van der Waals surface area contributed by atoms with E-state index in [9.17, 15) is 14.4 Å². The fourth-order valence-electron chi connectivity index (χ4n) is 3.96. The molecule has 0 saturated heterocycles. The number of rotatable bonds is 13. The number of ether oxygens (including phenoxy) is 2. The summed E-state index contributed by atoms with van der Waals surface area (Å²) in [5, 5.41) is 5.89. The monoisotopic (exact) mass is 559 g/mol. The van der Waals surface area contributed by atoms with Crippen molar-refractivity contribution < 1.29 is 23.9 Å². The summed E-state index contributed by atoms with van der Waals surface area (Å²) >= 11 is 0. The molecule has 218 valence electrons. The van der Waals surface area contributed by atoms with Crippen LogP contribution in [0.25, 0.3) is 0 Å². The van der Waals surface area contributed by atoms with Crippen LogP contribution in [-0.2, 0) is 33.8 Å². The van der Waals surface area contributed by atoms with Gasteiger partial charge in [0.05, 0.1) is 0 Å². The first-order chi connectivity index (χ1) is 19.3. The number of carbonyl (C=O) groups is 3. The zero-order valence-electron chi connectivity index (χ0n) is 24.5. The van der Waals surface area contributed by atoms with E-state index < -0.39 is 23.1 Å². The molecule has 3 aromatic carbocycles. The second-order valence-electron chi connectivity index (χ2n) is 11.6. The summed E-state index contributed by atoms with van der Waals surface area (Å²) in [5.74, 6) is 0.214. The fraction of sp³-hybridized carbons (Fsp3) is 0.364. The van der Waals surface area contributed by atoms with Crippen LogP contribution in [0.4, 0.5) is 0 Å². The summed E-state index contributed by atoms with van der Waals surface area (Å²) in [6.07, 6.45) is 1.03. The first kappa shape index (κ1) is 31.2. The molecule has 3 rings (SSSR count). The van der Waals surface area contributed by atoms with Crippen LogP contribution in [0, 0.1) is 0 Å². The number of aryl methyl sites for hydroxylation is 1. The van der Waals surface area contributed by atoms with E-state index in [2.05, 4.69) is 10.6 Å². The van der Waals surface area contributed by atoms with Gasteiger partial charge in [0.25, 0.3) is 5.91 Å². The quantitative estimate of drug-likeness (QED) is 0.285. The molecule has 0 aliphatic carbocycles. The minimum atomic E-state index is -1.13. The summed E-state index contributed by atoms with van der Waals surface area (Å²) in [4.78, 5) is 37.5. The lowest BCUT2D eigenvalue weighted by Crippen LogP contribution is -2.53. The maximum absolute atomic E-state index is 13.1. The molecule has 0 spiro atoms. The zero-order chi connectivity index (χ0) is 30.0. The van der Waals surface area contributed by atoms with Gasteiger partial charge in [0, 0.05) is 18.4 Å². The van der Waals surface area contributed by atoms with Gasteiger partial charge in [-0.1, -0.05) is 54.6 Å². The summed E-state index contributed by atoms with van der Waals surface area (Å²) in [5.41, 5.74) is 6.71. The SMILES string of the molecule is CC(C)(C)NC(=O)C(Cc1ccc(OCc2ccccc2)cc1)NC(=O)CCc1ccc(OC(C)(C)C(N)=O)cc1. The average Bonchev–Trinajstić information content (AvgIpc) is 2.91. The standard InChI is InChI=1S/C33H41N3O5/c1-32(2,3)36-30(38)28(21-24-13-16-26(17-14-24)40-22-25-9-7-6-8-10-25)35-29(37)20-15-23-11-18-27(19-12-23)41-33(4,5)31(34)39/h6-14,16-19,28H,15,20-22H2,1-5H3,(H2,34,39)(H,35,37)(H,36,38). The van der Waals surface area contributed by atoms with E-state index >= 15 is 0 Å². The van der Waals surface area contributed by atoms with E-state index in [1.165, 1.54) is 0 Å². The van der Waals surface area contributed by atoms with Gasteiger partial charge in [0.1, 0.15) is 24.1 Å². The van der Waals surface area contributed by atoms with Crippen LogP contribution in [0.2, 0.25) is 0 Å². The Morgan fingerprint density at radius 2 is 1.37 bits per heavy atom. The Morgan fingerprint density at radius 1 is 0.780 bits per heavy atom. The first-order valence-electron chi connectivity index (χ1n) is 13.8. The Hall–Kier alpha value is -4.33. The number of hydrogen-bond donors (Lipinski definition) is 3. The summed E-state index contributed by atoms with van der Waals surface area (Å²) in [6, 6.07) is 23.9. The van der Waals surface area contributed by atoms with Crippen molar-refractivity contribution in [2.24, 2.45) is 5.73 Å². The van der Waals surface area contributed by atoms with Gasteiger partial charge in [-0.3, -0.25) is 14.4 Å². The molecule has 0 bridgehead atoms. The molecule has 3 aromatic rings. The van der Waals surface area contributed by atoms with Crippen LogP contribution in [0.5, 0.6) is 11.5 Å². The summed E-state index contributed by atoms with van der Waals surface area (Å²) in [7, 11) is 0. The Morgan fingerprint density at radius 3 is 1.95 bits per heavy atom. The first-order valence-corrected chi connectivity index (χ1v) is 13.8. The number of primary amides is 1. The van der Waals surface area contributed by atoms with Gasteiger partial charge in [-0.2, -0.15) is 0 Å². The van der Waals surface area contributed by atoms with Crippen molar-refractivity contribution in [2.75, 3.05) is 0 Å². The topological polar surface area (TPSA) is 120 Å². The van der Waals surface area contributed by atoms with Crippen molar-refractivity contribution in [3.05, 3.63) is 95.6 Å². The molecule has 41 heavy (non-hydrogen) atoms. The molecule has 3 amide bonds. The minimum absolute atomic E-state index is 0.207. The van der Waals surface area contributed by atoms with E-state index in [0.717, 1.165) is 22.4 Å². The lowest BCUT2D eigenvalue weighted by molar-refractivity contribution is -0.130. The molecule has 4 N–H and O–H groups in total.